The van der Waals surface area contributed by atoms with Crippen LogP contribution in [0.5, 0.6) is 5.75 Å². The summed E-state index contributed by atoms with van der Waals surface area (Å²) in [5.74, 6) is -0.321. The average molecular weight is 326 g/mol. The zero-order valence-electron chi connectivity index (χ0n) is 12.8. The first-order chi connectivity index (χ1) is 10.3. The van der Waals surface area contributed by atoms with Crippen LogP contribution in [0, 0.1) is 0 Å². The lowest BCUT2D eigenvalue weighted by Crippen LogP contribution is -2.22. The molecule has 0 saturated carbocycles. The number of rotatable bonds is 6. The van der Waals surface area contributed by atoms with E-state index in [0.717, 1.165) is 31.2 Å². The van der Waals surface area contributed by atoms with Gasteiger partial charge in [0.2, 0.25) is 11.2 Å². The van der Waals surface area contributed by atoms with Gasteiger partial charge in [-0.15, -0.1) is 0 Å². The number of anilines is 1. The van der Waals surface area contributed by atoms with Crippen LogP contribution in [0.4, 0.5) is 5.69 Å². The Bertz CT molecular complexity index is 583. The number of aryl methyl sites for hydroxylation is 1. The molecule has 1 aromatic carbocycles. The molecule has 0 spiro atoms. The van der Waals surface area contributed by atoms with Crippen molar-refractivity contribution in [3.05, 3.63) is 23.8 Å². The summed E-state index contributed by atoms with van der Waals surface area (Å²) in [5.41, 5.74) is 0.745. The van der Waals surface area contributed by atoms with Crippen molar-refractivity contribution in [2.45, 2.75) is 45.1 Å². The molecule has 1 saturated heterocycles. The van der Waals surface area contributed by atoms with Crippen molar-refractivity contribution in [2.75, 3.05) is 10.8 Å². The Hall–Kier alpha value is -1.60. The highest BCUT2D eigenvalue weighted by atomic mass is 32.2. The summed E-state index contributed by atoms with van der Waals surface area (Å²) in [6, 6.07) is 5.13. The van der Waals surface area contributed by atoms with Gasteiger partial charge in [-0.05, 0) is 50.8 Å². The van der Waals surface area contributed by atoms with E-state index in [0.29, 0.717) is 5.69 Å². The highest BCUT2D eigenvalue weighted by Gasteiger charge is 2.28. The molecule has 0 radical (unpaired) electrons. The van der Waals surface area contributed by atoms with E-state index in [2.05, 4.69) is 4.72 Å². The molecule has 1 aliphatic rings. The largest absolute Gasteiger partial charge is 0.506 e. The van der Waals surface area contributed by atoms with Crippen LogP contribution in [0.15, 0.2) is 18.2 Å². The third kappa shape index (κ3) is 4.45. The Morgan fingerprint density at radius 3 is 2.68 bits per heavy atom. The van der Waals surface area contributed by atoms with Gasteiger partial charge in [-0.25, -0.2) is 4.21 Å². The lowest BCUT2D eigenvalue weighted by atomic mass is 9.99. The van der Waals surface area contributed by atoms with Crippen molar-refractivity contribution in [2.24, 2.45) is 0 Å². The number of carbonyl (C=O) groups excluding carboxylic acids is 1. The summed E-state index contributed by atoms with van der Waals surface area (Å²) in [7, 11) is 0. The number of aliphatic hydroxyl groups is 1. The number of nitrogens with zero attached hydrogens (tertiary/aromatic N) is 1. The van der Waals surface area contributed by atoms with Gasteiger partial charge in [0.25, 0.3) is 5.91 Å². The maximum Gasteiger partial charge on any atom is 0.253 e. The predicted octanol–water partition coefficient (Wildman–Crippen LogP) is 1.39. The normalized spacial score (nSPS) is 18.6. The molecule has 1 amide bonds. The lowest BCUT2D eigenvalue weighted by Gasteiger charge is -2.17. The van der Waals surface area contributed by atoms with Crippen molar-refractivity contribution in [1.29, 1.82) is 0 Å². The molecule has 1 atom stereocenters. The Labute approximate surface area is 132 Å². The third-order valence-electron chi connectivity index (χ3n) is 3.50. The highest BCUT2D eigenvalue weighted by Crippen LogP contribution is 2.31. The SMILES string of the molecule is CC(C)(O)CCCCc1ccc(O)c(N2CC(=O)NS2=O)c1. The monoisotopic (exact) mass is 326 g/mol. The Morgan fingerprint density at radius 1 is 1.36 bits per heavy atom. The number of hydrogen-bond acceptors (Lipinski definition) is 4. The van der Waals surface area contributed by atoms with Crippen LogP contribution in [0.25, 0.3) is 0 Å². The first-order valence-corrected chi connectivity index (χ1v) is 8.40. The van der Waals surface area contributed by atoms with Crippen molar-refractivity contribution in [1.82, 2.24) is 4.72 Å². The molecular formula is C15H22N2O4S. The number of aromatic hydroxyl groups is 1. The molecule has 1 heterocycles. The van der Waals surface area contributed by atoms with E-state index in [1.165, 1.54) is 4.31 Å². The van der Waals surface area contributed by atoms with Crippen molar-refractivity contribution >= 4 is 22.8 Å². The van der Waals surface area contributed by atoms with Crippen LogP contribution >= 0.6 is 0 Å². The van der Waals surface area contributed by atoms with E-state index in [4.69, 9.17) is 0 Å². The molecule has 122 valence electrons. The van der Waals surface area contributed by atoms with Crippen molar-refractivity contribution in [3.8, 4) is 5.75 Å². The number of benzene rings is 1. The molecule has 1 aromatic rings. The van der Waals surface area contributed by atoms with Gasteiger partial charge < -0.3 is 10.2 Å². The molecule has 22 heavy (non-hydrogen) atoms. The van der Waals surface area contributed by atoms with Crippen LogP contribution in [-0.2, 0) is 22.4 Å². The number of phenols is 1. The minimum atomic E-state index is -1.64. The lowest BCUT2D eigenvalue weighted by molar-refractivity contribution is -0.117. The van der Waals surface area contributed by atoms with E-state index >= 15 is 0 Å². The number of unbranched alkanes of at least 4 members (excludes halogenated alkanes) is 1. The maximum absolute atomic E-state index is 11.8. The fourth-order valence-corrected chi connectivity index (χ4v) is 3.29. The fourth-order valence-electron chi connectivity index (χ4n) is 2.36. The molecule has 7 heteroatoms. The Balaban J connectivity index is 2.01. The predicted molar refractivity (Wildman–Crippen MR) is 85.6 cm³/mol. The summed E-state index contributed by atoms with van der Waals surface area (Å²) >= 11 is -1.64. The first kappa shape index (κ1) is 16.8. The number of nitrogens with one attached hydrogen (secondary N) is 1. The minimum Gasteiger partial charge on any atom is -0.506 e. The quantitative estimate of drug-likeness (QED) is 0.689. The summed E-state index contributed by atoms with van der Waals surface area (Å²) < 4.78 is 15.4. The number of amides is 1. The summed E-state index contributed by atoms with van der Waals surface area (Å²) in [6.45, 7) is 3.55. The molecule has 1 aliphatic heterocycles. The zero-order valence-corrected chi connectivity index (χ0v) is 13.7. The number of phenolic OH excluding ortho intramolecular Hbond substituents is 1. The molecule has 1 unspecified atom stereocenters. The standard InChI is InChI=1S/C15H22N2O4S/c1-15(2,20)8-4-3-5-11-6-7-13(18)12(9-11)17-10-14(19)16-22(17)21/h6-7,9,18,20H,3-5,8,10H2,1-2H3,(H,16,19). The van der Waals surface area contributed by atoms with Crippen molar-refractivity contribution in [3.63, 3.8) is 0 Å². The van der Waals surface area contributed by atoms with E-state index < -0.39 is 16.8 Å². The van der Waals surface area contributed by atoms with E-state index in [-0.39, 0.29) is 18.2 Å². The van der Waals surface area contributed by atoms with Gasteiger partial charge in [0.05, 0.1) is 11.3 Å². The minimum absolute atomic E-state index is 0.00471. The van der Waals surface area contributed by atoms with Crippen LogP contribution < -0.4 is 9.03 Å². The van der Waals surface area contributed by atoms with Crippen molar-refractivity contribution < 1.29 is 19.2 Å². The zero-order chi connectivity index (χ0) is 16.3. The van der Waals surface area contributed by atoms with Crippen LogP contribution in [-0.4, -0.2) is 32.5 Å². The third-order valence-corrected chi connectivity index (χ3v) is 4.63. The van der Waals surface area contributed by atoms with Gasteiger partial charge in [0.15, 0.2) is 0 Å². The molecule has 0 bridgehead atoms. The highest BCUT2D eigenvalue weighted by molar-refractivity contribution is 7.85. The molecule has 6 nitrogen and oxygen atoms in total. The summed E-state index contributed by atoms with van der Waals surface area (Å²) in [5, 5.41) is 19.6. The van der Waals surface area contributed by atoms with E-state index in [1.54, 1.807) is 26.0 Å². The van der Waals surface area contributed by atoms with Crippen LogP contribution in [0.2, 0.25) is 0 Å². The molecular weight excluding hydrogens is 304 g/mol. The first-order valence-electron chi connectivity index (χ1n) is 7.29. The van der Waals surface area contributed by atoms with E-state index in [1.807, 2.05) is 6.07 Å². The van der Waals surface area contributed by atoms with Gasteiger partial charge in [-0.2, -0.15) is 0 Å². The van der Waals surface area contributed by atoms with Gasteiger partial charge >= 0.3 is 0 Å². The van der Waals surface area contributed by atoms with Gasteiger partial charge in [0, 0.05) is 0 Å². The van der Waals surface area contributed by atoms with Gasteiger partial charge in [0.1, 0.15) is 12.3 Å². The number of carbonyl (C=O) groups is 1. The molecule has 1 fully saturated rings. The topological polar surface area (TPSA) is 89.9 Å². The van der Waals surface area contributed by atoms with Gasteiger partial charge in [-0.3, -0.25) is 13.8 Å². The molecule has 0 aliphatic carbocycles. The smallest absolute Gasteiger partial charge is 0.253 e. The van der Waals surface area contributed by atoms with Gasteiger partial charge in [-0.1, -0.05) is 12.5 Å². The average Bonchev–Trinajstić information content (AvgIpc) is 2.74. The second kappa shape index (κ2) is 6.66. The number of hydrogen-bond donors (Lipinski definition) is 3. The Morgan fingerprint density at radius 2 is 2.09 bits per heavy atom. The molecule has 3 N–H and O–H groups in total. The van der Waals surface area contributed by atoms with E-state index in [9.17, 15) is 19.2 Å². The summed E-state index contributed by atoms with van der Waals surface area (Å²) in [6.07, 6.45) is 3.33. The fraction of sp³-hybridized carbons (Fsp3) is 0.533. The molecule has 0 aromatic heterocycles. The van der Waals surface area contributed by atoms with Crippen LogP contribution in [0.1, 0.15) is 38.7 Å². The maximum atomic E-state index is 11.8. The second-order valence-corrected chi connectivity index (χ2v) is 7.30. The van der Waals surface area contributed by atoms with Crippen LogP contribution in [0.3, 0.4) is 0 Å². The molecule has 2 rings (SSSR count). The Kier molecular flexibility index (Phi) is 5.08. The summed E-state index contributed by atoms with van der Waals surface area (Å²) in [4.78, 5) is 11.3. The second-order valence-electron chi connectivity index (χ2n) is 6.15.